The Morgan fingerprint density at radius 2 is 2.05 bits per heavy atom. The molecule has 1 aromatic carbocycles. The molecule has 0 unspecified atom stereocenters. The average molecular weight is 283 g/mol. The highest BCUT2D eigenvalue weighted by Crippen LogP contribution is 2.31. The van der Waals surface area contributed by atoms with E-state index in [2.05, 4.69) is 4.98 Å². The van der Waals surface area contributed by atoms with Gasteiger partial charge >= 0.3 is 12.1 Å². The number of carbonyl (C=O) groups is 1. The van der Waals surface area contributed by atoms with Crippen LogP contribution >= 0.6 is 0 Å². The molecule has 0 atom stereocenters. The molecule has 0 bridgehead atoms. The first kappa shape index (κ1) is 12.5. The normalized spacial score (nSPS) is 12.4. The van der Waals surface area contributed by atoms with Gasteiger partial charge in [-0.05, 0) is 18.2 Å². The minimum Gasteiger partial charge on any atom is -0.477 e. The Labute approximate surface area is 109 Å². The van der Waals surface area contributed by atoms with Gasteiger partial charge in [0.1, 0.15) is 5.69 Å². The number of aromatic nitrogens is 3. The summed E-state index contributed by atoms with van der Waals surface area (Å²) in [6.07, 6.45) is -3.20. The SMILES string of the molecule is Cn1c(C(=O)O)cn2c3cc(C(F)(F)F)ccc3nc12. The van der Waals surface area contributed by atoms with Gasteiger partial charge in [0, 0.05) is 13.2 Å². The Hall–Kier alpha value is -2.51. The molecular formula is C12H8F3N3O2. The Kier molecular flexibility index (Phi) is 2.35. The van der Waals surface area contributed by atoms with E-state index in [9.17, 15) is 18.0 Å². The molecule has 0 aliphatic carbocycles. The van der Waals surface area contributed by atoms with Gasteiger partial charge in [0.05, 0.1) is 16.6 Å². The largest absolute Gasteiger partial charge is 0.477 e. The topological polar surface area (TPSA) is 59.5 Å². The van der Waals surface area contributed by atoms with E-state index in [1.807, 2.05) is 0 Å². The van der Waals surface area contributed by atoms with Crippen LogP contribution in [0, 0.1) is 0 Å². The first-order valence-electron chi connectivity index (χ1n) is 5.57. The van der Waals surface area contributed by atoms with Crippen molar-refractivity contribution in [3.8, 4) is 0 Å². The maximum atomic E-state index is 12.7. The van der Waals surface area contributed by atoms with Crippen LogP contribution in [0.2, 0.25) is 0 Å². The average Bonchev–Trinajstić information content (AvgIpc) is 2.85. The smallest absolute Gasteiger partial charge is 0.416 e. The van der Waals surface area contributed by atoms with E-state index in [4.69, 9.17) is 5.11 Å². The lowest BCUT2D eigenvalue weighted by Gasteiger charge is -2.05. The number of halogens is 3. The molecule has 8 heteroatoms. The van der Waals surface area contributed by atoms with Gasteiger partial charge in [-0.1, -0.05) is 0 Å². The van der Waals surface area contributed by atoms with Crippen LogP contribution in [-0.4, -0.2) is 25.0 Å². The van der Waals surface area contributed by atoms with E-state index in [1.165, 1.54) is 28.3 Å². The molecule has 0 aliphatic heterocycles. The molecule has 2 heterocycles. The molecule has 1 N–H and O–H groups in total. The summed E-state index contributed by atoms with van der Waals surface area (Å²) in [5.74, 6) is -0.894. The molecule has 0 radical (unpaired) electrons. The molecule has 104 valence electrons. The van der Waals surface area contributed by atoms with Gasteiger partial charge in [-0.25, -0.2) is 9.78 Å². The minimum absolute atomic E-state index is 0.0492. The van der Waals surface area contributed by atoms with Crippen LogP contribution in [0.25, 0.3) is 16.8 Å². The number of alkyl halides is 3. The van der Waals surface area contributed by atoms with Gasteiger partial charge in [0.2, 0.25) is 5.78 Å². The van der Waals surface area contributed by atoms with Crippen LogP contribution in [0.1, 0.15) is 16.1 Å². The summed E-state index contributed by atoms with van der Waals surface area (Å²) in [5.41, 5.74) is -0.252. The van der Waals surface area contributed by atoms with Gasteiger partial charge in [-0.3, -0.25) is 4.40 Å². The third-order valence-electron chi connectivity index (χ3n) is 3.13. The van der Waals surface area contributed by atoms with E-state index in [0.717, 1.165) is 12.1 Å². The summed E-state index contributed by atoms with van der Waals surface area (Å²) >= 11 is 0. The van der Waals surface area contributed by atoms with Crippen LogP contribution in [-0.2, 0) is 13.2 Å². The molecule has 0 amide bonds. The molecule has 0 saturated carbocycles. The van der Waals surface area contributed by atoms with Crippen molar-refractivity contribution in [2.24, 2.45) is 7.05 Å². The molecular weight excluding hydrogens is 275 g/mol. The number of aryl methyl sites for hydroxylation is 1. The van der Waals surface area contributed by atoms with Crippen molar-refractivity contribution in [1.82, 2.24) is 14.0 Å². The standard InChI is InChI=1S/C12H8F3N3O2/c1-17-9(10(19)20)5-18-8-4-6(12(13,14)15)2-3-7(8)16-11(17)18/h2-5H,1H3,(H,19,20). The van der Waals surface area contributed by atoms with E-state index in [0.29, 0.717) is 5.52 Å². The minimum atomic E-state index is -4.46. The van der Waals surface area contributed by atoms with Crippen LogP contribution in [0.15, 0.2) is 24.4 Å². The fraction of sp³-hybridized carbons (Fsp3) is 0.167. The maximum Gasteiger partial charge on any atom is 0.416 e. The lowest BCUT2D eigenvalue weighted by atomic mass is 10.2. The Morgan fingerprint density at radius 3 is 2.65 bits per heavy atom. The van der Waals surface area contributed by atoms with Crippen molar-refractivity contribution in [1.29, 1.82) is 0 Å². The molecule has 0 fully saturated rings. The third-order valence-corrected chi connectivity index (χ3v) is 3.13. The monoisotopic (exact) mass is 283 g/mol. The van der Waals surface area contributed by atoms with E-state index < -0.39 is 17.7 Å². The molecule has 5 nitrogen and oxygen atoms in total. The third kappa shape index (κ3) is 1.64. The summed E-state index contributed by atoms with van der Waals surface area (Å²) < 4.78 is 40.8. The molecule has 2 aromatic heterocycles. The van der Waals surface area contributed by atoms with Crippen LogP contribution in [0.3, 0.4) is 0 Å². The summed E-state index contributed by atoms with van der Waals surface area (Å²) in [5, 5.41) is 9.00. The number of nitrogens with zero attached hydrogens (tertiary/aromatic N) is 3. The van der Waals surface area contributed by atoms with Crippen molar-refractivity contribution >= 4 is 22.8 Å². The lowest BCUT2D eigenvalue weighted by molar-refractivity contribution is -0.137. The Morgan fingerprint density at radius 1 is 1.35 bits per heavy atom. The number of carboxylic acids is 1. The van der Waals surface area contributed by atoms with Crippen molar-refractivity contribution in [3.63, 3.8) is 0 Å². The van der Waals surface area contributed by atoms with Crippen molar-refractivity contribution in [3.05, 3.63) is 35.7 Å². The first-order valence-corrected chi connectivity index (χ1v) is 5.57. The number of hydrogen-bond acceptors (Lipinski definition) is 2. The van der Waals surface area contributed by atoms with Gasteiger partial charge in [0.25, 0.3) is 0 Å². The van der Waals surface area contributed by atoms with E-state index in [-0.39, 0.29) is 17.0 Å². The quantitative estimate of drug-likeness (QED) is 0.746. The predicted molar refractivity (Wildman–Crippen MR) is 63.6 cm³/mol. The van der Waals surface area contributed by atoms with Gasteiger partial charge in [0.15, 0.2) is 0 Å². The highest BCUT2D eigenvalue weighted by atomic mass is 19.4. The second-order valence-corrected chi connectivity index (χ2v) is 4.36. The van der Waals surface area contributed by atoms with Gasteiger partial charge in [-0.2, -0.15) is 13.2 Å². The van der Waals surface area contributed by atoms with Crippen molar-refractivity contribution in [2.45, 2.75) is 6.18 Å². The summed E-state index contributed by atoms with van der Waals surface area (Å²) in [4.78, 5) is 15.1. The second kappa shape index (κ2) is 3.75. The second-order valence-electron chi connectivity index (χ2n) is 4.36. The van der Waals surface area contributed by atoms with Crippen molar-refractivity contribution in [2.75, 3.05) is 0 Å². The molecule has 0 saturated heterocycles. The molecule has 3 rings (SSSR count). The number of rotatable bonds is 1. The summed E-state index contributed by atoms with van der Waals surface area (Å²) in [6, 6.07) is 3.18. The molecule has 0 spiro atoms. The fourth-order valence-corrected chi connectivity index (χ4v) is 2.14. The number of aromatic carboxylic acids is 1. The summed E-state index contributed by atoms with van der Waals surface area (Å²) in [6.45, 7) is 0. The van der Waals surface area contributed by atoms with Crippen LogP contribution in [0.4, 0.5) is 13.2 Å². The van der Waals surface area contributed by atoms with Gasteiger partial charge < -0.3 is 9.67 Å². The molecule has 0 aliphatic rings. The fourth-order valence-electron chi connectivity index (χ4n) is 2.14. The van der Waals surface area contributed by atoms with Crippen molar-refractivity contribution < 1.29 is 23.1 Å². The molecule has 3 aromatic rings. The number of benzene rings is 1. The Balaban J connectivity index is 2.35. The summed E-state index contributed by atoms with van der Waals surface area (Å²) in [7, 11) is 1.50. The number of hydrogen-bond donors (Lipinski definition) is 1. The first-order chi connectivity index (χ1) is 9.29. The highest BCUT2D eigenvalue weighted by Gasteiger charge is 2.31. The Bertz CT molecular complexity index is 845. The van der Waals surface area contributed by atoms with E-state index in [1.54, 1.807) is 0 Å². The van der Waals surface area contributed by atoms with E-state index >= 15 is 0 Å². The zero-order chi connectivity index (χ0) is 14.7. The number of imidazole rings is 2. The zero-order valence-corrected chi connectivity index (χ0v) is 10.1. The maximum absolute atomic E-state index is 12.7. The number of fused-ring (bicyclic) bond motifs is 3. The predicted octanol–water partition coefficient (Wildman–Crippen LogP) is 2.54. The molecule has 20 heavy (non-hydrogen) atoms. The van der Waals surface area contributed by atoms with Crippen LogP contribution in [0.5, 0.6) is 0 Å². The highest BCUT2D eigenvalue weighted by molar-refractivity contribution is 5.88. The van der Waals surface area contributed by atoms with Gasteiger partial charge in [-0.15, -0.1) is 0 Å². The number of carboxylic acid groups (broad SMARTS) is 1. The lowest BCUT2D eigenvalue weighted by Crippen LogP contribution is -2.04. The van der Waals surface area contributed by atoms with Crippen LogP contribution < -0.4 is 0 Å². The zero-order valence-electron chi connectivity index (χ0n) is 10.1.